The maximum atomic E-state index is 12.0. The SMILES string of the molecule is COc1cc([C@H]2C(C(N)=O)=C(C)Nc3ncnn32)cc(Br)c1OC. The summed E-state index contributed by atoms with van der Waals surface area (Å²) in [5.74, 6) is 1.10. The standard InChI is InChI=1S/C15H16BrN5O3/c1-7-11(14(17)22)12(21-15(20-7)18-6-19-21)8-4-9(16)13(24-3)10(5-8)23-2/h4-6,12H,1-3H3,(H2,17,22)(H,18,19,20)/t12-/m0/s1. The van der Waals surface area contributed by atoms with Crippen LogP contribution in [0.15, 0.2) is 34.2 Å². The average Bonchev–Trinajstić information content (AvgIpc) is 3.00. The summed E-state index contributed by atoms with van der Waals surface area (Å²) in [6.07, 6.45) is 1.42. The minimum Gasteiger partial charge on any atom is -0.493 e. The quantitative estimate of drug-likeness (QED) is 0.820. The zero-order chi connectivity index (χ0) is 17.4. The van der Waals surface area contributed by atoms with Crippen LogP contribution >= 0.6 is 15.9 Å². The van der Waals surface area contributed by atoms with Crippen LogP contribution in [0.1, 0.15) is 18.5 Å². The van der Waals surface area contributed by atoms with E-state index in [1.54, 1.807) is 31.9 Å². The topological polar surface area (TPSA) is 104 Å². The van der Waals surface area contributed by atoms with Crippen molar-refractivity contribution < 1.29 is 14.3 Å². The molecular weight excluding hydrogens is 378 g/mol. The summed E-state index contributed by atoms with van der Waals surface area (Å²) in [6.45, 7) is 1.78. The van der Waals surface area contributed by atoms with Gasteiger partial charge in [-0.15, -0.1) is 0 Å². The highest BCUT2D eigenvalue weighted by Gasteiger charge is 2.33. The van der Waals surface area contributed by atoms with Gasteiger partial charge in [0.2, 0.25) is 11.9 Å². The van der Waals surface area contributed by atoms with Crippen molar-refractivity contribution in [3.05, 3.63) is 39.8 Å². The highest BCUT2D eigenvalue weighted by Crippen LogP contribution is 2.42. The first kappa shape index (κ1) is 16.3. The fourth-order valence-corrected chi connectivity index (χ4v) is 3.44. The number of carbonyl (C=O) groups excluding carboxylic acids is 1. The lowest BCUT2D eigenvalue weighted by atomic mass is 9.95. The van der Waals surface area contributed by atoms with Crippen LogP contribution in [0.3, 0.4) is 0 Å². The predicted octanol–water partition coefficient (Wildman–Crippen LogP) is 1.83. The molecule has 0 saturated heterocycles. The summed E-state index contributed by atoms with van der Waals surface area (Å²) in [5.41, 5.74) is 7.42. The van der Waals surface area contributed by atoms with Gasteiger partial charge in [-0.25, -0.2) is 4.68 Å². The molecule has 0 bridgehead atoms. The highest BCUT2D eigenvalue weighted by atomic mass is 79.9. The molecule has 0 unspecified atom stereocenters. The number of hydrogen-bond acceptors (Lipinski definition) is 6. The highest BCUT2D eigenvalue weighted by molar-refractivity contribution is 9.10. The van der Waals surface area contributed by atoms with Gasteiger partial charge in [0, 0.05) is 5.70 Å². The second-order valence-corrected chi connectivity index (χ2v) is 6.05. The Morgan fingerprint density at radius 1 is 1.38 bits per heavy atom. The number of ether oxygens (including phenoxy) is 2. The van der Waals surface area contributed by atoms with Crippen LogP contribution in [0.25, 0.3) is 0 Å². The summed E-state index contributed by atoms with van der Waals surface area (Å²) < 4.78 is 13.0. The molecule has 9 heteroatoms. The molecule has 24 heavy (non-hydrogen) atoms. The molecule has 0 aliphatic carbocycles. The average molecular weight is 394 g/mol. The van der Waals surface area contributed by atoms with Crippen molar-refractivity contribution in [2.45, 2.75) is 13.0 Å². The zero-order valence-electron chi connectivity index (χ0n) is 13.3. The number of rotatable bonds is 4. The molecule has 0 radical (unpaired) electrons. The van der Waals surface area contributed by atoms with Gasteiger partial charge in [0.1, 0.15) is 12.4 Å². The number of carbonyl (C=O) groups is 1. The number of hydrogen-bond donors (Lipinski definition) is 2. The van der Waals surface area contributed by atoms with Crippen LogP contribution in [-0.4, -0.2) is 34.9 Å². The molecule has 1 aromatic heterocycles. The third-order valence-corrected chi connectivity index (χ3v) is 4.42. The summed E-state index contributed by atoms with van der Waals surface area (Å²) in [5, 5.41) is 7.26. The molecule has 2 aromatic rings. The van der Waals surface area contributed by atoms with Crippen molar-refractivity contribution in [1.82, 2.24) is 14.8 Å². The Kier molecular flexibility index (Phi) is 4.18. The van der Waals surface area contributed by atoms with Crippen LogP contribution in [0, 0.1) is 0 Å². The van der Waals surface area contributed by atoms with Gasteiger partial charge in [0.05, 0.1) is 24.3 Å². The van der Waals surface area contributed by atoms with Gasteiger partial charge in [-0.05, 0) is 40.5 Å². The Hall–Kier alpha value is -2.55. The number of nitrogens with zero attached hydrogens (tertiary/aromatic N) is 3. The van der Waals surface area contributed by atoms with E-state index in [4.69, 9.17) is 15.2 Å². The Balaban J connectivity index is 2.24. The Labute approximate surface area is 146 Å². The third kappa shape index (κ3) is 2.50. The first-order valence-electron chi connectivity index (χ1n) is 7.06. The number of benzene rings is 1. The Bertz CT molecular complexity index is 846. The molecule has 0 spiro atoms. The van der Waals surface area contributed by atoms with Gasteiger partial charge in [-0.2, -0.15) is 10.1 Å². The summed E-state index contributed by atoms with van der Waals surface area (Å²) >= 11 is 3.47. The second-order valence-electron chi connectivity index (χ2n) is 5.20. The molecule has 8 nitrogen and oxygen atoms in total. The summed E-state index contributed by atoms with van der Waals surface area (Å²) in [6, 6.07) is 3.12. The number of methoxy groups -OCH3 is 2. The van der Waals surface area contributed by atoms with Crippen molar-refractivity contribution in [3.8, 4) is 11.5 Å². The first-order chi connectivity index (χ1) is 11.5. The lowest BCUT2D eigenvalue weighted by Gasteiger charge is -2.28. The van der Waals surface area contributed by atoms with E-state index in [2.05, 4.69) is 31.3 Å². The largest absolute Gasteiger partial charge is 0.493 e. The number of nitrogens with one attached hydrogen (secondary N) is 1. The van der Waals surface area contributed by atoms with E-state index in [0.717, 1.165) is 5.56 Å². The molecular formula is C15H16BrN5O3. The van der Waals surface area contributed by atoms with E-state index in [9.17, 15) is 4.79 Å². The van der Waals surface area contributed by atoms with Crippen molar-refractivity contribution in [2.75, 3.05) is 19.5 Å². The number of amides is 1. The fraction of sp³-hybridized carbons (Fsp3) is 0.267. The van der Waals surface area contributed by atoms with E-state index in [0.29, 0.717) is 33.2 Å². The van der Waals surface area contributed by atoms with Gasteiger partial charge in [0.25, 0.3) is 0 Å². The lowest BCUT2D eigenvalue weighted by molar-refractivity contribution is -0.115. The van der Waals surface area contributed by atoms with E-state index < -0.39 is 11.9 Å². The molecule has 0 fully saturated rings. The second kappa shape index (κ2) is 6.16. The van der Waals surface area contributed by atoms with Crippen molar-refractivity contribution in [2.24, 2.45) is 5.73 Å². The molecule has 3 rings (SSSR count). The minimum absolute atomic E-state index is 0.409. The maximum Gasteiger partial charge on any atom is 0.248 e. The van der Waals surface area contributed by atoms with Crippen LogP contribution in [0.2, 0.25) is 0 Å². The van der Waals surface area contributed by atoms with E-state index >= 15 is 0 Å². The number of aromatic nitrogens is 3. The van der Waals surface area contributed by atoms with Crippen molar-refractivity contribution in [1.29, 1.82) is 0 Å². The van der Waals surface area contributed by atoms with Gasteiger partial charge in [-0.3, -0.25) is 4.79 Å². The molecule has 126 valence electrons. The van der Waals surface area contributed by atoms with E-state index in [-0.39, 0.29) is 0 Å². The molecule has 1 amide bonds. The van der Waals surface area contributed by atoms with Gasteiger partial charge in [-0.1, -0.05) is 0 Å². The Morgan fingerprint density at radius 2 is 2.12 bits per heavy atom. The number of nitrogens with two attached hydrogens (primary N) is 1. The lowest BCUT2D eigenvalue weighted by Crippen LogP contribution is -2.31. The van der Waals surface area contributed by atoms with Crippen LogP contribution < -0.4 is 20.5 Å². The van der Waals surface area contributed by atoms with E-state index in [1.165, 1.54) is 6.33 Å². The van der Waals surface area contributed by atoms with E-state index in [1.807, 2.05) is 6.07 Å². The maximum absolute atomic E-state index is 12.0. The number of fused-ring (bicyclic) bond motifs is 1. The molecule has 1 aliphatic rings. The first-order valence-corrected chi connectivity index (χ1v) is 7.85. The zero-order valence-corrected chi connectivity index (χ0v) is 14.9. The summed E-state index contributed by atoms with van der Waals surface area (Å²) in [4.78, 5) is 16.2. The van der Waals surface area contributed by atoms with Gasteiger partial charge < -0.3 is 20.5 Å². The number of primary amides is 1. The minimum atomic E-state index is -0.531. The predicted molar refractivity (Wildman–Crippen MR) is 90.9 cm³/mol. The molecule has 2 heterocycles. The molecule has 0 saturated carbocycles. The van der Waals surface area contributed by atoms with Crippen LogP contribution in [-0.2, 0) is 4.79 Å². The van der Waals surface area contributed by atoms with Crippen LogP contribution in [0.5, 0.6) is 11.5 Å². The fourth-order valence-electron chi connectivity index (χ4n) is 2.81. The number of halogens is 1. The Morgan fingerprint density at radius 3 is 2.75 bits per heavy atom. The molecule has 1 aliphatic heterocycles. The van der Waals surface area contributed by atoms with Gasteiger partial charge >= 0.3 is 0 Å². The number of allylic oxidation sites excluding steroid dienone is 1. The molecule has 3 N–H and O–H groups in total. The number of anilines is 1. The van der Waals surface area contributed by atoms with Crippen molar-refractivity contribution in [3.63, 3.8) is 0 Å². The van der Waals surface area contributed by atoms with Crippen molar-refractivity contribution >= 4 is 27.8 Å². The molecule has 1 atom stereocenters. The summed E-state index contributed by atoms with van der Waals surface area (Å²) in [7, 11) is 3.11. The molecule has 1 aromatic carbocycles. The smallest absolute Gasteiger partial charge is 0.248 e. The normalized spacial score (nSPS) is 16.4. The van der Waals surface area contributed by atoms with Crippen LogP contribution in [0.4, 0.5) is 5.95 Å². The van der Waals surface area contributed by atoms with Gasteiger partial charge in [0.15, 0.2) is 11.5 Å². The third-order valence-electron chi connectivity index (χ3n) is 3.83. The monoisotopic (exact) mass is 393 g/mol.